The molecule has 0 amide bonds. The largest absolute Gasteiger partial charge is 0.497 e. The van der Waals surface area contributed by atoms with Crippen molar-refractivity contribution in [2.24, 2.45) is 5.10 Å². The Bertz CT molecular complexity index is 1060. The highest BCUT2D eigenvalue weighted by atomic mass is 32.2. The lowest BCUT2D eigenvalue weighted by Gasteiger charge is -2.11. The Balaban J connectivity index is 1.80. The Morgan fingerprint density at radius 1 is 0.897 bits per heavy atom. The molecule has 0 heterocycles. The van der Waals surface area contributed by atoms with Crippen LogP contribution in [0.1, 0.15) is 11.1 Å². The maximum atomic E-state index is 12.6. The molecule has 0 radical (unpaired) electrons. The Kier molecular flexibility index (Phi) is 6.51. The van der Waals surface area contributed by atoms with E-state index >= 15 is 0 Å². The lowest BCUT2D eigenvalue weighted by Crippen LogP contribution is -2.23. The molecule has 0 aliphatic heterocycles. The van der Waals surface area contributed by atoms with Gasteiger partial charge in [-0.3, -0.25) is 0 Å². The van der Waals surface area contributed by atoms with E-state index < -0.39 is 10.0 Å². The van der Waals surface area contributed by atoms with Crippen molar-refractivity contribution in [3.05, 3.63) is 90.0 Å². The molecule has 0 aliphatic rings. The average molecular weight is 410 g/mol. The quantitative estimate of drug-likeness (QED) is 0.453. The predicted molar refractivity (Wildman–Crippen MR) is 113 cm³/mol. The van der Waals surface area contributed by atoms with Gasteiger partial charge >= 0.3 is 0 Å². The molecule has 3 rings (SSSR count). The van der Waals surface area contributed by atoms with Crippen LogP contribution in [-0.4, -0.2) is 27.8 Å². The Hall–Kier alpha value is -3.32. The third kappa shape index (κ3) is 5.58. The second-order valence-electron chi connectivity index (χ2n) is 6.30. The fourth-order valence-corrected chi connectivity index (χ4v) is 3.35. The Labute approximate surface area is 170 Å². The van der Waals surface area contributed by atoms with Gasteiger partial charge in [0, 0.05) is 5.56 Å². The first-order valence-electron chi connectivity index (χ1n) is 8.95. The topological polar surface area (TPSA) is 77.0 Å². The monoisotopic (exact) mass is 410 g/mol. The molecular formula is C22H22N2O4S. The highest BCUT2D eigenvalue weighted by molar-refractivity contribution is 7.89. The molecule has 7 heteroatoms. The fourth-order valence-electron chi connectivity index (χ4n) is 2.52. The minimum Gasteiger partial charge on any atom is -0.497 e. The molecule has 3 aromatic rings. The first-order valence-corrected chi connectivity index (χ1v) is 10.4. The van der Waals surface area contributed by atoms with Crippen molar-refractivity contribution in [1.29, 1.82) is 0 Å². The molecule has 6 nitrogen and oxygen atoms in total. The molecule has 0 saturated carbocycles. The van der Waals surface area contributed by atoms with Crippen LogP contribution in [0.15, 0.2) is 88.9 Å². The van der Waals surface area contributed by atoms with E-state index in [0.29, 0.717) is 11.5 Å². The van der Waals surface area contributed by atoms with Gasteiger partial charge in [0.25, 0.3) is 10.0 Å². The summed E-state index contributed by atoms with van der Waals surface area (Å²) in [6.45, 7) is 1.98. The summed E-state index contributed by atoms with van der Waals surface area (Å²) < 4.78 is 36.0. The van der Waals surface area contributed by atoms with Crippen molar-refractivity contribution in [1.82, 2.24) is 4.83 Å². The van der Waals surface area contributed by atoms with Crippen LogP contribution < -0.4 is 14.3 Å². The predicted octanol–water partition coefficient (Wildman–Crippen LogP) is 3.77. The normalized spacial score (nSPS) is 11.7. The maximum Gasteiger partial charge on any atom is 0.276 e. The van der Waals surface area contributed by atoms with Gasteiger partial charge in [0.1, 0.15) is 23.8 Å². The molecular weight excluding hydrogens is 388 g/mol. The Morgan fingerprint density at radius 3 is 2.14 bits per heavy atom. The molecule has 0 aromatic heterocycles. The second kappa shape index (κ2) is 9.25. The van der Waals surface area contributed by atoms with Crippen LogP contribution in [0.4, 0.5) is 0 Å². The van der Waals surface area contributed by atoms with Crippen LogP contribution in [0.2, 0.25) is 0 Å². The van der Waals surface area contributed by atoms with Crippen molar-refractivity contribution in [3.63, 3.8) is 0 Å². The lowest BCUT2D eigenvalue weighted by atomic mass is 10.1. The van der Waals surface area contributed by atoms with Crippen molar-refractivity contribution >= 4 is 15.7 Å². The van der Waals surface area contributed by atoms with Gasteiger partial charge in [0.2, 0.25) is 0 Å². The van der Waals surface area contributed by atoms with E-state index in [1.807, 2.05) is 37.3 Å². The van der Waals surface area contributed by atoms with E-state index in [4.69, 9.17) is 9.47 Å². The van der Waals surface area contributed by atoms with Gasteiger partial charge in [-0.05, 0) is 43.3 Å². The molecule has 150 valence electrons. The summed E-state index contributed by atoms with van der Waals surface area (Å²) in [6.07, 6.45) is 0. The van der Waals surface area contributed by atoms with Crippen LogP contribution in [0.25, 0.3) is 0 Å². The van der Waals surface area contributed by atoms with Crippen molar-refractivity contribution in [3.8, 4) is 11.5 Å². The first-order chi connectivity index (χ1) is 14.0. The summed E-state index contributed by atoms with van der Waals surface area (Å²) in [5.41, 5.74) is 2.19. The zero-order chi connectivity index (χ0) is 20.7. The number of hydrogen-bond donors (Lipinski definition) is 1. The van der Waals surface area contributed by atoms with Crippen LogP contribution in [0.3, 0.4) is 0 Å². The van der Waals surface area contributed by atoms with Crippen LogP contribution in [0.5, 0.6) is 11.5 Å². The number of hydrogen-bond acceptors (Lipinski definition) is 5. The number of nitrogens with one attached hydrogen (secondary N) is 1. The molecule has 1 N–H and O–H groups in total. The molecule has 0 saturated heterocycles. The van der Waals surface area contributed by atoms with Gasteiger partial charge in [-0.25, -0.2) is 0 Å². The number of sulfonamides is 1. The molecule has 0 atom stereocenters. The van der Waals surface area contributed by atoms with Crippen LogP contribution in [0, 0.1) is 6.92 Å². The summed E-state index contributed by atoms with van der Waals surface area (Å²) in [7, 11) is -2.19. The van der Waals surface area contributed by atoms with E-state index in [0.717, 1.165) is 16.9 Å². The fraction of sp³-hybridized carbons (Fsp3) is 0.136. The van der Waals surface area contributed by atoms with E-state index in [1.54, 1.807) is 55.6 Å². The van der Waals surface area contributed by atoms with Crippen molar-refractivity contribution in [2.45, 2.75) is 11.8 Å². The molecule has 0 fully saturated rings. The number of ether oxygens (including phenoxy) is 2. The third-order valence-electron chi connectivity index (χ3n) is 4.17. The van der Waals surface area contributed by atoms with Crippen molar-refractivity contribution < 1.29 is 17.9 Å². The summed E-state index contributed by atoms with van der Waals surface area (Å²) in [5.74, 6) is 1.34. The molecule has 29 heavy (non-hydrogen) atoms. The smallest absolute Gasteiger partial charge is 0.276 e. The average Bonchev–Trinajstić information content (AvgIpc) is 2.75. The minimum atomic E-state index is -3.78. The highest BCUT2D eigenvalue weighted by Crippen LogP contribution is 2.17. The van der Waals surface area contributed by atoms with E-state index in [2.05, 4.69) is 9.93 Å². The minimum absolute atomic E-state index is 0.0900. The summed E-state index contributed by atoms with van der Waals surface area (Å²) in [4.78, 5) is 2.46. The second-order valence-corrected chi connectivity index (χ2v) is 7.96. The van der Waals surface area contributed by atoms with Crippen molar-refractivity contribution in [2.75, 3.05) is 13.7 Å². The zero-order valence-electron chi connectivity index (χ0n) is 16.2. The molecule has 0 unspecified atom stereocenters. The van der Waals surface area contributed by atoms with Gasteiger partial charge in [0.15, 0.2) is 0 Å². The van der Waals surface area contributed by atoms with E-state index in [9.17, 15) is 8.42 Å². The highest BCUT2D eigenvalue weighted by Gasteiger charge is 2.14. The molecule has 0 spiro atoms. The number of benzene rings is 3. The van der Waals surface area contributed by atoms with Gasteiger partial charge < -0.3 is 9.47 Å². The standard InChI is InChI=1S/C22H22N2O4S/c1-17-8-14-21(15-9-17)29(25,26)24-23-22(18-6-4-3-5-7-18)16-28-20-12-10-19(27-2)11-13-20/h3-15,24H,16H2,1-2H3/b23-22-. The van der Waals surface area contributed by atoms with E-state index in [-0.39, 0.29) is 11.5 Å². The summed E-state index contributed by atoms with van der Waals surface area (Å²) in [6, 6.07) is 23.0. The SMILES string of the molecule is COc1ccc(OC/C(=N/NS(=O)(=O)c2ccc(C)cc2)c2ccccc2)cc1. The first kappa shape index (κ1) is 20.4. The number of hydrazone groups is 1. The van der Waals surface area contributed by atoms with Gasteiger partial charge in [-0.15, -0.1) is 0 Å². The summed E-state index contributed by atoms with van der Waals surface area (Å²) in [5, 5.41) is 4.14. The van der Waals surface area contributed by atoms with Gasteiger partial charge in [0.05, 0.1) is 12.0 Å². The number of aryl methyl sites for hydroxylation is 1. The Morgan fingerprint density at radius 2 is 1.52 bits per heavy atom. The van der Waals surface area contributed by atoms with Gasteiger partial charge in [-0.2, -0.15) is 18.4 Å². The van der Waals surface area contributed by atoms with Crippen LogP contribution >= 0.6 is 0 Å². The molecule has 0 aliphatic carbocycles. The van der Waals surface area contributed by atoms with Crippen LogP contribution in [-0.2, 0) is 10.0 Å². The summed E-state index contributed by atoms with van der Waals surface area (Å²) >= 11 is 0. The number of methoxy groups -OCH3 is 1. The lowest BCUT2D eigenvalue weighted by molar-refractivity contribution is 0.373. The van der Waals surface area contributed by atoms with Gasteiger partial charge in [-0.1, -0.05) is 48.0 Å². The maximum absolute atomic E-state index is 12.6. The van der Waals surface area contributed by atoms with E-state index in [1.165, 1.54) is 0 Å². The third-order valence-corrected chi connectivity index (χ3v) is 5.40. The number of rotatable bonds is 8. The zero-order valence-corrected chi connectivity index (χ0v) is 17.0. The molecule has 3 aromatic carbocycles. The number of nitrogens with zero attached hydrogens (tertiary/aromatic N) is 1. The molecule has 0 bridgehead atoms.